The molecule has 126 valence electrons. The smallest absolute Gasteiger partial charge is 0.338 e. The molecule has 3 rings (SSSR count). The van der Waals surface area contributed by atoms with E-state index in [0.29, 0.717) is 29.6 Å². The Balaban J connectivity index is 2.15. The number of benzene rings is 1. The van der Waals surface area contributed by atoms with Crippen LogP contribution >= 0.6 is 0 Å². The van der Waals surface area contributed by atoms with Gasteiger partial charge in [0, 0.05) is 11.3 Å². The number of hydrogen-bond donors (Lipinski definition) is 1. The van der Waals surface area contributed by atoms with Crippen LogP contribution in [0, 0.1) is 0 Å². The number of hydrogen-bond acceptors (Lipinski definition) is 7. The van der Waals surface area contributed by atoms with Crippen molar-refractivity contribution in [1.29, 1.82) is 0 Å². The fraction of sp³-hybridized carbons (Fsp3) is 0.375. The predicted molar refractivity (Wildman–Crippen MR) is 86.5 cm³/mol. The number of fused-ring (bicyclic) bond motifs is 1. The third-order valence-corrected chi connectivity index (χ3v) is 3.79. The molecule has 2 aromatic rings. The number of tetrazole rings is 1. The normalized spacial score (nSPS) is 16.4. The summed E-state index contributed by atoms with van der Waals surface area (Å²) in [5.74, 6) is 0.730. The van der Waals surface area contributed by atoms with Crippen molar-refractivity contribution in [3.8, 4) is 5.75 Å². The molecule has 0 saturated carbocycles. The van der Waals surface area contributed by atoms with Crippen LogP contribution in [0.4, 0.5) is 5.95 Å². The number of aromatic nitrogens is 4. The lowest BCUT2D eigenvalue weighted by Crippen LogP contribution is -2.29. The van der Waals surface area contributed by atoms with Crippen LogP contribution in [0.25, 0.3) is 0 Å². The van der Waals surface area contributed by atoms with Gasteiger partial charge in [0.1, 0.15) is 11.8 Å². The van der Waals surface area contributed by atoms with Crippen molar-refractivity contribution in [2.45, 2.75) is 26.3 Å². The molecule has 2 heterocycles. The Morgan fingerprint density at radius 3 is 2.92 bits per heavy atom. The van der Waals surface area contributed by atoms with E-state index in [-0.39, 0.29) is 0 Å². The first-order valence-electron chi connectivity index (χ1n) is 7.73. The summed E-state index contributed by atoms with van der Waals surface area (Å²) < 4.78 is 12.4. The minimum Gasteiger partial charge on any atom is -0.493 e. The highest BCUT2D eigenvalue weighted by Crippen LogP contribution is 2.38. The van der Waals surface area contributed by atoms with Gasteiger partial charge in [0.05, 0.1) is 19.3 Å². The largest absolute Gasteiger partial charge is 0.493 e. The molecule has 0 radical (unpaired) electrons. The first-order chi connectivity index (χ1) is 11.7. The van der Waals surface area contributed by atoms with Crippen LogP contribution in [0.15, 0.2) is 35.5 Å². The number of para-hydroxylation sites is 1. The van der Waals surface area contributed by atoms with E-state index < -0.39 is 12.0 Å². The second kappa shape index (κ2) is 6.69. The molecule has 0 saturated heterocycles. The number of esters is 1. The van der Waals surface area contributed by atoms with Crippen molar-refractivity contribution in [3.05, 3.63) is 41.1 Å². The minimum atomic E-state index is -0.517. The Labute approximate surface area is 139 Å². The van der Waals surface area contributed by atoms with Gasteiger partial charge in [-0.2, -0.15) is 4.68 Å². The van der Waals surface area contributed by atoms with E-state index in [1.807, 2.05) is 31.2 Å². The van der Waals surface area contributed by atoms with Gasteiger partial charge in [0.15, 0.2) is 0 Å². The highest BCUT2D eigenvalue weighted by atomic mass is 16.5. The maximum absolute atomic E-state index is 12.4. The summed E-state index contributed by atoms with van der Waals surface area (Å²) in [7, 11) is 1.36. The number of ether oxygens (including phenoxy) is 2. The monoisotopic (exact) mass is 329 g/mol. The number of rotatable bonds is 5. The molecule has 1 atom stereocenters. The highest BCUT2D eigenvalue weighted by Gasteiger charge is 2.36. The average Bonchev–Trinajstić information content (AvgIpc) is 3.06. The van der Waals surface area contributed by atoms with E-state index in [2.05, 4.69) is 20.8 Å². The van der Waals surface area contributed by atoms with E-state index in [1.54, 1.807) is 11.6 Å². The molecular formula is C16H19N5O3. The molecular weight excluding hydrogens is 310 g/mol. The van der Waals surface area contributed by atoms with Gasteiger partial charge in [0.2, 0.25) is 5.95 Å². The predicted octanol–water partition coefficient (Wildman–Crippen LogP) is 1.92. The van der Waals surface area contributed by atoms with E-state index in [9.17, 15) is 4.79 Å². The van der Waals surface area contributed by atoms with Crippen LogP contribution in [0.2, 0.25) is 0 Å². The summed E-state index contributed by atoms with van der Waals surface area (Å²) in [5, 5.41) is 14.7. The van der Waals surface area contributed by atoms with E-state index >= 15 is 0 Å². The van der Waals surface area contributed by atoms with Crippen molar-refractivity contribution in [1.82, 2.24) is 20.2 Å². The molecule has 24 heavy (non-hydrogen) atoms. The highest BCUT2D eigenvalue weighted by molar-refractivity contribution is 5.92. The second-order valence-electron chi connectivity index (χ2n) is 5.39. The third-order valence-electron chi connectivity index (χ3n) is 3.79. The van der Waals surface area contributed by atoms with E-state index in [1.165, 1.54) is 7.11 Å². The molecule has 0 amide bonds. The fourth-order valence-electron chi connectivity index (χ4n) is 2.72. The summed E-state index contributed by atoms with van der Waals surface area (Å²) in [6.45, 7) is 4.42. The number of carbonyl (C=O) groups excluding carboxylic acids is 1. The van der Waals surface area contributed by atoms with Gasteiger partial charge in [-0.1, -0.05) is 30.2 Å². The van der Waals surface area contributed by atoms with Crippen LogP contribution in [0.3, 0.4) is 0 Å². The molecule has 0 bridgehead atoms. The van der Waals surface area contributed by atoms with Crippen LogP contribution in [-0.4, -0.2) is 39.9 Å². The lowest BCUT2D eigenvalue weighted by atomic mass is 9.95. The van der Waals surface area contributed by atoms with Crippen LogP contribution in [0.5, 0.6) is 5.75 Å². The SMILES string of the molecule is CCCOc1ccccc1C1C(C(=O)OC)=C(C)Nc2nnnn21. The molecule has 1 N–H and O–H groups in total. The molecule has 1 aromatic carbocycles. The van der Waals surface area contributed by atoms with Crippen molar-refractivity contribution >= 4 is 11.9 Å². The molecule has 1 aliphatic heterocycles. The Morgan fingerprint density at radius 2 is 2.17 bits per heavy atom. The first kappa shape index (κ1) is 16.0. The van der Waals surface area contributed by atoms with Crippen molar-refractivity contribution < 1.29 is 14.3 Å². The number of carbonyl (C=O) groups is 1. The number of methoxy groups -OCH3 is 1. The van der Waals surface area contributed by atoms with Crippen LogP contribution in [0.1, 0.15) is 31.9 Å². The molecule has 1 unspecified atom stereocenters. The van der Waals surface area contributed by atoms with Gasteiger partial charge >= 0.3 is 5.97 Å². The van der Waals surface area contributed by atoms with Gasteiger partial charge in [-0.05, 0) is 29.8 Å². The zero-order valence-corrected chi connectivity index (χ0v) is 13.8. The Kier molecular flexibility index (Phi) is 4.45. The summed E-state index contributed by atoms with van der Waals surface area (Å²) in [4.78, 5) is 12.4. The fourth-order valence-corrected chi connectivity index (χ4v) is 2.72. The number of nitrogens with zero attached hydrogens (tertiary/aromatic N) is 4. The zero-order valence-electron chi connectivity index (χ0n) is 13.8. The molecule has 8 nitrogen and oxygen atoms in total. The molecule has 0 spiro atoms. The maximum Gasteiger partial charge on any atom is 0.338 e. The summed E-state index contributed by atoms with van der Waals surface area (Å²) >= 11 is 0. The van der Waals surface area contributed by atoms with Gasteiger partial charge in [-0.25, -0.2) is 4.79 Å². The molecule has 0 fully saturated rings. The van der Waals surface area contributed by atoms with Gasteiger partial charge in [-0.3, -0.25) is 0 Å². The molecule has 0 aliphatic carbocycles. The quantitative estimate of drug-likeness (QED) is 0.838. The summed E-state index contributed by atoms with van der Waals surface area (Å²) in [6, 6.07) is 7.05. The van der Waals surface area contributed by atoms with Gasteiger partial charge in [0.25, 0.3) is 0 Å². The van der Waals surface area contributed by atoms with Crippen molar-refractivity contribution in [2.24, 2.45) is 0 Å². The number of allylic oxidation sites excluding steroid dienone is 1. The van der Waals surface area contributed by atoms with Crippen LogP contribution in [-0.2, 0) is 9.53 Å². The van der Waals surface area contributed by atoms with Crippen molar-refractivity contribution in [3.63, 3.8) is 0 Å². The summed E-state index contributed by atoms with van der Waals surface area (Å²) in [5.41, 5.74) is 1.91. The van der Waals surface area contributed by atoms with E-state index in [4.69, 9.17) is 9.47 Å². The molecule has 1 aliphatic rings. The topological polar surface area (TPSA) is 91.2 Å². The average molecular weight is 329 g/mol. The lowest BCUT2D eigenvalue weighted by Gasteiger charge is -2.28. The second-order valence-corrected chi connectivity index (χ2v) is 5.39. The van der Waals surface area contributed by atoms with E-state index in [0.717, 1.165) is 12.0 Å². The van der Waals surface area contributed by atoms with Crippen LogP contribution < -0.4 is 10.1 Å². The Hall–Kier alpha value is -2.90. The first-order valence-corrected chi connectivity index (χ1v) is 7.73. The maximum atomic E-state index is 12.4. The van der Waals surface area contributed by atoms with Gasteiger partial charge in [-0.15, -0.1) is 0 Å². The van der Waals surface area contributed by atoms with Crippen molar-refractivity contribution in [2.75, 3.05) is 19.0 Å². The Bertz CT molecular complexity index is 784. The number of anilines is 1. The minimum absolute atomic E-state index is 0.434. The molecule has 8 heteroatoms. The number of nitrogens with one attached hydrogen (secondary N) is 1. The summed E-state index contributed by atoms with van der Waals surface area (Å²) in [6.07, 6.45) is 0.884. The van der Waals surface area contributed by atoms with Gasteiger partial charge < -0.3 is 14.8 Å². The zero-order chi connectivity index (χ0) is 17.1. The molecule has 1 aromatic heterocycles. The lowest BCUT2D eigenvalue weighted by molar-refractivity contribution is -0.136. The Morgan fingerprint density at radius 1 is 1.38 bits per heavy atom. The standard InChI is InChI=1S/C16H19N5O3/c1-4-9-24-12-8-6-5-7-11(12)14-13(15(22)23-3)10(2)17-16-18-19-20-21(14)16/h5-8,14H,4,9H2,1-3H3,(H,17,18,20). The third kappa shape index (κ3) is 2.70.